The zero-order valence-electron chi connectivity index (χ0n) is 13.2. The van der Waals surface area contributed by atoms with Crippen LogP contribution < -0.4 is 0 Å². The van der Waals surface area contributed by atoms with Crippen LogP contribution in [0.25, 0.3) is 0 Å². The Bertz CT molecular complexity index is 317. The lowest BCUT2D eigenvalue weighted by Gasteiger charge is -2.43. The number of aliphatic hydroxyl groups excluding tert-OH is 1. The van der Waals surface area contributed by atoms with Gasteiger partial charge in [-0.25, -0.2) is 0 Å². The number of hydrogen-bond acceptors (Lipinski definition) is 2. The van der Waals surface area contributed by atoms with E-state index in [0.29, 0.717) is 17.9 Å². The average Bonchev–Trinajstić information content (AvgIpc) is 2.79. The van der Waals surface area contributed by atoms with Gasteiger partial charge in [0, 0.05) is 24.6 Å². The Kier molecular flexibility index (Phi) is 5.48. The molecule has 0 saturated heterocycles. The zero-order valence-corrected chi connectivity index (χ0v) is 13.2. The quantitative estimate of drug-likeness (QED) is 0.777. The van der Waals surface area contributed by atoms with Crippen LogP contribution in [0, 0.1) is 11.3 Å². The standard InChI is InChI=1S/C17H31NO2/c1-14(2)13-17(9-3-4-10-17)16(20)18(11-6-12-19)15-7-5-8-15/h14-15,19H,3-13H2,1-2H3. The third-order valence-electron chi connectivity index (χ3n) is 5.15. The number of carbonyl (C=O) groups excluding carboxylic acids is 1. The van der Waals surface area contributed by atoms with Crippen molar-refractivity contribution in [3.05, 3.63) is 0 Å². The molecule has 3 heteroatoms. The molecule has 1 amide bonds. The summed E-state index contributed by atoms with van der Waals surface area (Å²) >= 11 is 0. The highest BCUT2D eigenvalue weighted by Gasteiger charge is 2.45. The minimum absolute atomic E-state index is 0.0841. The van der Waals surface area contributed by atoms with Crippen LogP contribution in [0.3, 0.4) is 0 Å². The molecule has 3 nitrogen and oxygen atoms in total. The lowest BCUT2D eigenvalue weighted by atomic mass is 9.76. The van der Waals surface area contributed by atoms with E-state index in [-0.39, 0.29) is 12.0 Å². The number of rotatable bonds is 7. The second-order valence-electron chi connectivity index (χ2n) is 7.25. The fourth-order valence-electron chi connectivity index (χ4n) is 4.03. The second-order valence-corrected chi connectivity index (χ2v) is 7.25. The molecule has 0 aromatic rings. The smallest absolute Gasteiger partial charge is 0.229 e. The van der Waals surface area contributed by atoms with E-state index in [1.807, 2.05) is 0 Å². The molecule has 0 bridgehead atoms. The van der Waals surface area contributed by atoms with Crippen molar-refractivity contribution in [1.29, 1.82) is 0 Å². The fourth-order valence-corrected chi connectivity index (χ4v) is 4.03. The van der Waals surface area contributed by atoms with Crippen molar-refractivity contribution in [1.82, 2.24) is 4.90 Å². The Balaban J connectivity index is 2.10. The predicted octanol–water partition coefficient (Wildman–Crippen LogP) is 3.36. The molecule has 0 radical (unpaired) electrons. The summed E-state index contributed by atoms with van der Waals surface area (Å²) in [6.45, 7) is 5.40. The Labute approximate surface area is 123 Å². The molecule has 0 spiro atoms. The third kappa shape index (κ3) is 3.36. The molecule has 2 aliphatic rings. The van der Waals surface area contributed by atoms with Crippen molar-refractivity contribution in [3.8, 4) is 0 Å². The van der Waals surface area contributed by atoms with E-state index in [1.165, 1.54) is 19.3 Å². The minimum atomic E-state index is -0.0841. The van der Waals surface area contributed by atoms with E-state index in [9.17, 15) is 4.79 Å². The molecule has 1 N–H and O–H groups in total. The number of nitrogens with zero attached hydrogens (tertiary/aromatic N) is 1. The average molecular weight is 281 g/mol. The molecule has 0 atom stereocenters. The molecule has 0 unspecified atom stereocenters. The van der Waals surface area contributed by atoms with E-state index in [2.05, 4.69) is 18.7 Å². The van der Waals surface area contributed by atoms with Crippen molar-refractivity contribution < 1.29 is 9.90 Å². The first kappa shape index (κ1) is 15.8. The first-order valence-corrected chi connectivity index (χ1v) is 8.51. The molecule has 116 valence electrons. The molecule has 0 aromatic heterocycles. The van der Waals surface area contributed by atoms with Gasteiger partial charge in [0.05, 0.1) is 0 Å². The van der Waals surface area contributed by atoms with Gasteiger partial charge >= 0.3 is 0 Å². The normalized spacial score (nSPS) is 22.0. The summed E-state index contributed by atoms with van der Waals surface area (Å²) in [4.78, 5) is 15.3. The van der Waals surface area contributed by atoms with Gasteiger partial charge in [-0.15, -0.1) is 0 Å². The monoisotopic (exact) mass is 281 g/mol. The van der Waals surface area contributed by atoms with Crippen molar-refractivity contribution in [2.24, 2.45) is 11.3 Å². The van der Waals surface area contributed by atoms with E-state index in [4.69, 9.17) is 5.11 Å². The first-order valence-electron chi connectivity index (χ1n) is 8.51. The molecular weight excluding hydrogens is 250 g/mol. The summed E-state index contributed by atoms with van der Waals surface area (Å²) in [5.74, 6) is 0.986. The van der Waals surface area contributed by atoms with Gasteiger partial charge in [-0.3, -0.25) is 4.79 Å². The summed E-state index contributed by atoms with van der Waals surface area (Å²) in [6.07, 6.45) is 9.90. The Morgan fingerprint density at radius 1 is 1.25 bits per heavy atom. The van der Waals surface area contributed by atoms with Crippen LogP contribution in [-0.2, 0) is 4.79 Å². The zero-order chi connectivity index (χ0) is 14.6. The fraction of sp³-hybridized carbons (Fsp3) is 0.941. The lowest BCUT2D eigenvalue weighted by Crippen LogP contribution is -2.51. The van der Waals surface area contributed by atoms with Gasteiger partial charge < -0.3 is 10.0 Å². The van der Waals surface area contributed by atoms with Crippen LogP contribution in [-0.4, -0.2) is 35.1 Å². The van der Waals surface area contributed by atoms with Crippen molar-refractivity contribution in [2.75, 3.05) is 13.2 Å². The Hall–Kier alpha value is -0.570. The molecule has 2 rings (SSSR count). The SMILES string of the molecule is CC(C)CC1(C(=O)N(CCCO)C2CCC2)CCCC1. The maximum atomic E-state index is 13.2. The van der Waals surface area contributed by atoms with Crippen LogP contribution in [0.1, 0.15) is 71.6 Å². The van der Waals surface area contributed by atoms with Crippen LogP contribution in [0.2, 0.25) is 0 Å². The molecule has 2 aliphatic carbocycles. The van der Waals surface area contributed by atoms with Crippen molar-refractivity contribution in [2.45, 2.75) is 77.7 Å². The lowest BCUT2D eigenvalue weighted by molar-refractivity contribution is -0.147. The van der Waals surface area contributed by atoms with Crippen molar-refractivity contribution >= 4 is 5.91 Å². The highest BCUT2D eigenvalue weighted by molar-refractivity contribution is 5.83. The molecule has 2 saturated carbocycles. The maximum absolute atomic E-state index is 13.2. The summed E-state index contributed by atoms with van der Waals surface area (Å²) in [5.41, 5.74) is -0.0841. The van der Waals surface area contributed by atoms with E-state index in [1.54, 1.807) is 0 Å². The van der Waals surface area contributed by atoms with Gasteiger partial charge in [-0.1, -0.05) is 26.7 Å². The summed E-state index contributed by atoms with van der Waals surface area (Å²) < 4.78 is 0. The van der Waals surface area contributed by atoms with Gasteiger partial charge in [0.25, 0.3) is 0 Å². The third-order valence-corrected chi connectivity index (χ3v) is 5.15. The van der Waals surface area contributed by atoms with Gasteiger partial charge in [-0.2, -0.15) is 0 Å². The molecule has 0 aliphatic heterocycles. The van der Waals surface area contributed by atoms with Gasteiger partial charge in [0.15, 0.2) is 0 Å². The summed E-state index contributed by atoms with van der Waals surface area (Å²) in [6, 6.07) is 0.457. The molecule has 20 heavy (non-hydrogen) atoms. The maximum Gasteiger partial charge on any atom is 0.229 e. The van der Waals surface area contributed by atoms with Gasteiger partial charge in [0.1, 0.15) is 0 Å². The minimum Gasteiger partial charge on any atom is -0.396 e. The molecule has 2 fully saturated rings. The Morgan fingerprint density at radius 3 is 2.35 bits per heavy atom. The molecular formula is C17H31NO2. The van der Waals surface area contributed by atoms with E-state index >= 15 is 0 Å². The first-order chi connectivity index (χ1) is 9.59. The highest BCUT2D eigenvalue weighted by Crippen LogP contribution is 2.45. The number of amides is 1. The summed E-state index contributed by atoms with van der Waals surface area (Å²) in [7, 11) is 0. The van der Waals surface area contributed by atoms with Crippen molar-refractivity contribution in [3.63, 3.8) is 0 Å². The van der Waals surface area contributed by atoms with E-state index in [0.717, 1.165) is 45.1 Å². The molecule has 0 heterocycles. The largest absolute Gasteiger partial charge is 0.396 e. The topological polar surface area (TPSA) is 40.5 Å². The highest BCUT2D eigenvalue weighted by atomic mass is 16.3. The van der Waals surface area contributed by atoms with Crippen LogP contribution >= 0.6 is 0 Å². The van der Waals surface area contributed by atoms with Crippen LogP contribution in [0.4, 0.5) is 0 Å². The second kappa shape index (κ2) is 6.93. The van der Waals surface area contributed by atoms with Gasteiger partial charge in [0.2, 0.25) is 5.91 Å². The number of carbonyl (C=O) groups is 1. The predicted molar refractivity (Wildman–Crippen MR) is 81.4 cm³/mol. The number of hydrogen-bond donors (Lipinski definition) is 1. The van der Waals surface area contributed by atoms with Crippen LogP contribution in [0.15, 0.2) is 0 Å². The van der Waals surface area contributed by atoms with Crippen LogP contribution in [0.5, 0.6) is 0 Å². The Morgan fingerprint density at radius 2 is 1.90 bits per heavy atom. The summed E-state index contributed by atoms with van der Waals surface area (Å²) in [5, 5.41) is 9.11. The number of aliphatic hydroxyl groups is 1. The van der Waals surface area contributed by atoms with E-state index < -0.39 is 0 Å². The molecule has 0 aromatic carbocycles. The van der Waals surface area contributed by atoms with Gasteiger partial charge in [-0.05, 0) is 50.9 Å².